The SMILES string of the molecule is Cc1cc(N2CCCC(c3nnc(C)o3)C2)n2nccc2n1. The van der Waals surface area contributed by atoms with Crippen LogP contribution < -0.4 is 4.90 Å². The lowest BCUT2D eigenvalue weighted by Gasteiger charge is -2.32. The van der Waals surface area contributed by atoms with Gasteiger partial charge in [-0.05, 0) is 19.8 Å². The van der Waals surface area contributed by atoms with Crippen molar-refractivity contribution in [1.29, 1.82) is 0 Å². The number of anilines is 1. The second-order valence-corrected chi connectivity index (χ2v) is 5.80. The summed E-state index contributed by atoms with van der Waals surface area (Å²) in [6.07, 6.45) is 3.95. The molecule has 0 N–H and O–H groups in total. The Kier molecular flexibility index (Phi) is 3.06. The van der Waals surface area contributed by atoms with Gasteiger partial charge in [0.15, 0.2) is 5.65 Å². The Morgan fingerprint density at radius 1 is 1.27 bits per heavy atom. The second-order valence-electron chi connectivity index (χ2n) is 5.80. The average Bonchev–Trinajstić information content (AvgIpc) is 3.15. The third-order valence-corrected chi connectivity index (χ3v) is 4.10. The van der Waals surface area contributed by atoms with Crippen LogP contribution in [0.4, 0.5) is 5.82 Å². The maximum absolute atomic E-state index is 5.62. The van der Waals surface area contributed by atoms with Crippen LogP contribution >= 0.6 is 0 Å². The summed E-state index contributed by atoms with van der Waals surface area (Å²) in [5, 5.41) is 12.5. The van der Waals surface area contributed by atoms with E-state index in [0.29, 0.717) is 5.89 Å². The molecule has 0 saturated carbocycles. The Hall–Kier alpha value is -2.44. The smallest absolute Gasteiger partial charge is 0.221 e. The third kappa shape index (κ3) is 2.22. The maximum Gasteiger partial charge on any atom is 0.221 e. The molecule has 7 nitrogen and oxygen atoms in total. The van der Waals surface area contributed by atoms with Crippen molar-refractivity contribution < 1.29 is 4.42 Å². The number of aryl methyl sites for hydroxylation is 2. The molecule has 1 aliphatic heterocycles. The van der Waals surface area contributed by atoms with Gasteiger partial charge in [0.25, 0.3) is 0 Å². The normalized spacial score (nSPS) is 19.0. The lowest BCUT2D eigenvalue weighted by atomic mass is 9.98. The zero-order chi connectivity index (χ0) is 15.1. The monoisotopic (exact) mass is 298 g/mol. The Morgan fingerprint density at radius 2 is 2.18 bits per heavy atom. The van der Waals surface area contributed by atoms with Crippen LogP contribution in [0.5, 0.6) is 0 Å². The Balaban J connectivity index is 1.68. The Labute approximate surface area is 128 Å². The van der Waals surface area contributed by atoms with E-state index in [1.54, 1.807) is 6.20 Å². The van der Waals surface area contributed by atoms with E-state index >= 15 is 0 Å². The molecule has 1 aliphatic rings. The molecule has 114 valence electrons. The van der Waals surface area contributed by atoms with Gasteiger partial charge in [-0.2, -0.15) is 9.61 Å². The van der Waals surface area contributed by atoms with Crippen LogP contribution in [0.2, 0.25) is 0 Å². The minimum Gasteiger partial charge on any atom is -0.425 e. The predicted octanol–water partition coefficient (Wildman–Crippen LogP) is 2.11. The van der Waals surface area contributed by atoms with Crippen LogP contribution in [0, 0.1) is 13.8 Å². The van der Waals surface area contributed by atoms with Crippen molar-refractivity contribution in [2.45, 2.75) is 32.6 Å². The van der Waals surface area contributed by atoms with Gasteiger partial charge in [0, 0.05) is 37.8 Å². The van der Waals surface area contributed by atoms with Gasteiger partial charge >= 0.3 is 0 Å². The molecule has 1 fully saturated rings. The maximum atomic E-state index is 5.62. The van der Waals surface area contributed by atoms with E-state index < -0.39 is 0 Å². The predicted molar refractivity (Wildman–Crippen MR) is 80.9 cm³/mol. The number of aromatic nitrogens is 5. The molecule has 1 saturated heterocycles. The minimum atomic E-state index is 0.272. The lowest BCUT2D eigenvalue weighted by molar-refractivity contribution is 0.386. The van der Waals surface area contributed by atoms with E-state index in [-0.39, 0.29) is 5.92 Å². The summed E-state index contributed by atoms with van der Waals surface area (Å²) < 4.78 is 7.52. The number of rotatable bonds is 2. The van der Waals surface area contributed by atoms with E-state index in [1.807, 2.05) is 24.4 Å². The van der Waals surface area contributed by atoms with E-state index in [4.69, 9.17) is 4.42 Å². The number of hydrogen-bond acceptors (Lipinski definition) is 6. The van der Waals surface area contributed by atoms with Crippen molar-refractivity contribution >= 4 is 11.5 Å². The molecule has 0 bridgehead atoms. The molecule has 4 rings (SSSR count). The molecule has 1 atom stereocenters. The molecular weight excluding hydrogens is 280 g/mol. The minimum absolute atomic E-state index is 0.272. The molecule has 0 radical (unpaired) electrons. The van der Waals surface area contributed by atoms with Gasteiger partial charge in [-0.1, -0.05) is 0 Å². The fourth-order valence-corrected chi connectivity index (χ4v) is 3.11. The van der Waals surface area contributed by atoms with Crippen molar-refractivity contribution in [3.05, 3.63) is 35.8 Å². The molecule has 7 heteroatoms. The molecule has 0 aromatic carbocycles. The van der Waals surface area contributed by atoms with Crippen molar-refractivity contribution in [2.24, 2.45) is 0 Å². The first-order chi connectivity index (χ1) is 10.7. The second kappa shape index (κ2) is 5.08. The van der Waals surface area contributed by atoms with Gasteiger partial charge in [0.2, 0.25) is 11.8 Å². The average molecular weight is 298 g/mol. The fourth-order valence-electron chi connectivity index (χ4n) is 3.11. The molecule has 0 amide bonds. The summed E-state index contributed by atoms with van der Waals surface area (Å²) in [5.74, 6) is 2.72. The highest BCUT2D eigenvalue weighted by Gasteiger charge is 2.27. The van der Waals surface area contributed by atoms with Gasteiger partial charge in [-0.25, -0.2) is 4.98 Å². The summed E-state index contributed by atoms with van der Waals surface area (Å²) in [7, 11) is 0. The van der Waals surface area contributed by atoms with Crippen molar-refractivity contribution in [1.82, 2.24) is 24.8 Å². The van der Waals surface area contributed by atoms with Crippen molar-refractivity contribution in [3.8, 4) is 0 Å². The number of fused-ring (bicyclic) bond motifs is 1. The highest BCUT2D eigenvalue weighted by atomic mass is 16.4. The summed E-state index contributed by atoms with van der Waals surface area (Å²) >= 11 is 0. The molecule has 3 aromatic heterocycles. The van der Waals surface area contributed by atoms with Crippen LogP contribution in [0.25, 0.3) is 5.65 Å². The van der Waals surface area contributed by atoms with Crippen LogP contribution in [0.15, 0.2) is 22.7 Å². The molecule has 1 unspecified atom stereocenters. The van der Waals surface area contributed by atoms with Gasteiger partial charge in [0.1, 0.15) is 5.82 Å². The number of nitrogens with zero attached hydrogens (tertiary/aromatic N) is 6. The molecule has 0 aliphatic carbocycles. The Morgan fingerprint density at radius 3 is 3.00 bits per heavy atom. The Bertz CT molecular complexity index is 807. The van der Waals surface area contributed by atoms with Crippen LogP contribution in [0.1, 0.15) is 36.2 Å². The fraction of sp³-hybridized carbons (Fsp3) is 0.467. The zero-order valence-corrected chi connectivity index (χ0v) is 12.7. The largest absolute Gasteiger partial charge is 0.425 e. The summed E-state index contributed by atoms with van der Waals surface area (Å²) in [4.78, 5) is 6.84. The molecule has 0 spiro atoms. The van der Waals surface area contributed by atoms with Gasteiger partial charge in [-0.15, -0.1) is 10.2 Å². The first-order valence-corrected chi connectivity index (χ1v) is 7.57. The van der Waals surface area contributed by atoms with Crippen LogP contribution in [0.3, 0.4) is 0 Å². The first kappa shape index (κ1) is 13.2. The quantitative estimate of drug-likeness (QED) is 0.721. The summed E-state index contributed by atoms with van der Waals surface area (Å²) in [5.41, 5.74) is 1.88. The molecule has 22 heavy (non-hydrogen) atoms. The van der Waals surface area contributed by atoms with Gasteiger partial charge in [0.05, 0.1) is 12.1 Å². The zero-order valence-electron chi connectivity index (χ0n) is 12.7. The van der Waals surface area contributed by atoms with Crippen LogP contribution in [-0.4, -0.2) is 37.9 Å². The topological polar surface area (TPSA) is 72.4 Å². The van der Waals surface area contributed by atoms with E-state index in [0.717, 1.165) is 49.0 Å². The number of piperidine rings is 1. The van der Waals surface area contributed by atoms with E-state index in [2.05, 4.69) is 31.2 Å². The number of hydrogen-bond donors (Lipinski definition) is 0. The van der Waals surface area contributed by atoms with E-state index in [9.17, 15) is 0 Å². The van der Waals surface area contributed by atoms with Crippen molar-refractivity contribution in [2.75, 3.05) is 18.0 Å². The summed E-state index contributed by atoms with van der Waals surface area (Å²) in [6.45, 7) is 5.71. The molecular formula is C15H18N6O. The van der Waals surface area contributed by atoms with Gasteiger partial charge < -0.3 is 9.32 Å². The molecule has 3 aromatic rings. The highest BCUT2D eigenvalue weighted by molar-refractivity contribution is 5.51. The third-order valence-electron chi connectivity index (χ3n) is 4.10. The summed E-state index contributed by atoms with van der Waals surface area (Å²) in [6, 6.07) is 4.01. The van der Waals surface area contributed by atoms with Crippen LogP contribution in [-0.2, 0) is 0 Å². The molecule has 4 heterocycles. The highest BCUT2D eigenvalue weighted by Crippen LogP contribution is 2.29. The van der Waals surface area contributed by atoms with E-state index in [1.165, 1.54) is 0 Å². The van der Waals surface area contributed by atoms with Gasteiger partial charge in [-0.3, -0.25) is 0 Å². The van der Waals surface area contributed by atoms with Crippen molar-refractivity contribution in [3.63, 3.8) is 0 Å². The first-order valence-electron chi connectivity index (χ1n) is 7.57. The lowest BCUT2D eigenvalue weighted by Crippen LogP contribution is -2.36. The standard InChI is InChI=1S/C15H18N6O/c1-10-8-14(21-13(17-10)5-6-16-21)20-7-3-4-12(9-20)15-19-18-11(2)22-15/h5-6,8,12H,3-4,7,9H2,1-2H3.